The van der Waals surface area contributed by atoms with Gasteiger partial charge in [0.15, 0.2) is 0 Å². The normalized spacial score (nSPS) is 5.95. The Morgan fingerprint density at radius 3 is 1.90 bits per heavy atom. The van der Waals surface area contributed by atoms with Crippen molar-refractivity contribution in [2.45, 2.75) is 0 Å². The van der Waals surface area contributed by atoms with Crippen LogP contribution in [0.25, 0.3) is 5.53 Å². The van der Waals surface area contributed by atoms with E-state index in [-0.39, 0.29) is 23.3 Å². The molecule has 0 N–H and O–H groups in total. The van der Waals surface area contributed by atoms with Crippen molar-refractivity contribution in [1.29, 1.82) is 0 Å². The van der Waals surface area contributed by atoms with E-state index < -0.39 is 0 Å². The number of amides is 1. The molecule has 0 heterocycles. The van der Waals surface area contributed by atoms with E-state index in [1.165, 1.54) is 4.90 Å². The Bertz CT molecular complexity index is 450. The molecular formula is C12H9CrN3O4. The quantitative estimate of drug-likeness (QED) is 0.260. The van der Waals surface area contributed by atoms with Crippen molar-refractivity contribution in [2.24, 2.45) is 0 Å². The zero-order valence-electron chi connectivity index (χ0n) is 10.3. The van der Waals surface area contributed by atoms with Crippen molar-refractivity contribution in [3.05, 3.63) is 55.8 Å². The van der Waals surface area contributed by atoms with E-state index in [2.05, 4.69) is 24.7 Å². The summed E-state index contributed by atoms with van der Waals surface area (Å²) >= 11 is 0. The number of benzene rings is 1. The van der Waals surface area contributed by atoms with E-state index in [9.17, 15) is 4.79 Å². The molecule has 0 unspecified atom stereocenters. The second kappa shape index (κ2) is 22.0. The Morgan fingerprint density at radius 2 is 1.55 bits per heavy atom. The number of carbonyl (C=O) groups excluding carboxylic acids is 1. The molecule has 1 aromatic carbocycles. The molecule has 102 valence electrons. The minimum Gasteiger partial charge on any atom is 0 e. The van der Waals surface area contributed by atoms with Gasteiger partial charge in [0, 0.05) is 30.1 Å². The molecule has 0 atom stereocenters. The smallest absolute Gasteiger partial charge is 0 e. The van der Waals surface area contributed by atoms with Crippen LogP contribution in [0, 0.1) is 20.0 Å². The van der Waals surface area contributed by atoms with Crippen LogP contribution in [0.15, 0.2) is 30.3 Å². The van der Waals surface area contributed by atoms with Crippen LogP contribution in [-0.4, -0.2) is 24.0 Å². The van der Waals surface area contributed by atoms with E-state index in [4.69, 9.17) is 19.5 Å². The van der Waals surface area contributed by atoms with Gasteiger partial charge in [0.1, 0.15) is 0 Å². The van der Waals surface area contributed by atoms with Crippen LogP contribution in [0.4, 0.5) is 5.69 Å². The topological polar surface area (TPSA) is 116 Å². The van der Waals surface area contributed by atoms with Crippen molar-refractivity contribution in [3.8, 4) is 0 Å². The first-order valence-corrected chi connectivity index (χ1v) is 4.37. The summed E-state index contributed by atoms with van der Waals surface area (Å²) in [5.74, 6) is -0.367. The van der Waals surface area contributed by atoms with Crippen LogP contribution in [-0.2, 0) is 36.1 Å². The van der Waals surface area contributed by atoms with Crippen molar-refractivity contribution in [3.63, 3.8) is 0 Å². The van der Waals surface area contributed by atoms with Crippen molar-refractivity contribution in [2.75, 3.05) is 11.9 Å². The van der Waals surface area contributed by atoms with E-state index in [1.54, 1.807) is 19.2 Å². The second-order valence-corrected chi connectivity index (χ2v) is 2.48. The minimum atomic E-state index is -0.367. The van der Waals surface area contributed by atoms with Gasteiger partial charge in [-0.1, -0.05) is 18.2 Å². The van der Waals surface area contributed by atoms with E-state index in [0.29, 0.717) is 0 Å². The van der Waals surface area contributed by atoms with E-state index in [1.807, 2.05) is 18.2 Å². The van der Waals surface area contributed by atoms with Crippen LogP contribution in [0.5, 0.6) is 0 Å². The Kier molecular flexibility index (Phi) is 29.1. The van der Waals surface area contributed by atoms with Crippen molar-refractivity contribution >= 4 is 17.8 Å². The van der Waals surface area contributed by atoms with Gasteiger partial charge in [-0.2, -0.15) is 4.79 Å². The monoisotopic (exact) mass is 311 g/mol. The third-order valence-electron chi connectivity index (χ3n) is 1.64. The van der Waals surface area contributed by atoms with Crippen molar-refractivity contribution < 1.29 is 40.9 Å². The molecule has 1 amide bonds. The molecule has 0 aliphatic carbocycles. The number of carbonyl (C=O) groups is 1. The van der Waals surface area contributed by atoms with Gasteiger partial charge in [-0.3, -0.25) is 4.79 Å². The Labute approximate surface area is 127 Å². The summed E-state index contributed by atoms with van der Waals surface area (Å²) < 4.78 is 22.5. The summed E-state index contributed by atoms with van der Waals surface area (Å²) in [4.78, 5) is 15.2. The molecule has 8 heteroatoms. The summed E-state index contributed by atoms with van der Waals surface area (Å²) in [6.45, 7) is 13.5. The zero-order chi connectivity index (χ0) is 15.7. The molecule has 1 rings (SSSR count). The van der Waals surface area contributed by atoms with Gasteiger partial charge in [0.2, 0.25) is 0 Å². The van der Waals surface area contributed by atoms with Gasteiger partial charge >= 0.3 is 46.0 Å². The predicted molar refractivity (Wildman–Crippen MR) is 61.3 cm³/mol. The molecule has 0 saturated carbocycles. The van der Waals surface area contributed by atoms with Gasteiger partial charge in [-0.05, 0) is 12.1 Å². The standard InChI is InChI=1S/C9H9N3O.3CO.Cr/c1-12(9(13)7-11-10)8-5-3-2-4-6-8;3*1-2;/h2-7H,1H3;;;;. The fraction of sp³-hybridized carbons (Fsp3) is 0.0833. The number of para-hydroxylation sites is 1. The average Bonchev–Trinajstić information content (AvgIpc) is 2.53. The van der Waals surface area contributed by atoms with Gasteiger partial charge < -0.3 is 10.4 Å². The van der Waals surface area contributed by atoms with Gasteiger partial charge in [-0.25, -0.2) is 0 Å². The number of rotatable bonds is 2. The number of hydrogen-bond acceptors (Lipinski definition) is 1. The Hall–Kier alpha value is -2.18. The van der Waals surface area contributed by atoms with Gasteiger partial charge in [0.05, 0.1) is 0 Å². The third-order valence-corrected chi connectivity index (χ3v) is 1.64. The molecule has 0 spiro atoms. The number of hydrogen-bond donors (Lipinski definition) is 0. The summed E-state index contributed by atoms with van der Waals surface area (Å²) in [7, 11) is 1.61. The summed E-state index contributed by atoms with van der Waals surface area (Å²) in [6, 6.07) is 9.11. The zero-order valence-corrected chi connectivity index (χ0v) is 11.6. The van der Waals surface area contributed by atoms with Crippen molar-refractivity contribution in [1.82, 2.24) is 0 Å². The molecule has 0 aromatic heterocycles. The maximum absolute atomic E-state index is 11.2. The fourth-order valence-corrected chi connectivity index (χ4v) is 0.915. The SMILES string of the molecule is CN(C(=O)C=[N+]=[N-])c1ccccc1.[C-]#[O+].[C-]#[O+].[C-]#[O+].[Cr]. The van der Waals surface area contributed by atoms with Gasteiger partial charge in [0.25, 0.3) is 0 Å². The Balaban J connectivity index is -0.000000162. The molecule has 1 aromatic rings. The average molecular weight is 311 g/mol. The number of anilines is 1. The third kappa shape index (κ3) is 12.3. The molecule has 0 aliphatic rings. The van der Waals surface area contributed by atoms with E-state index >= 15 is 0 Å². The van der Waals surface area contributed by atoms with Gasteiger partial charge in [-0.15, -0.1) is 0 Å². The molecule has 20 heavy (non-hydrogen) atoms. The largest absolute Gasteiger partial charge is 0 e. The van der Waals surface area contributed by atoms with Crippen LogP contribution in [0.2, 0.25) is 0 Å². The second-order valence-electron chi connectivity index (χ2n) is 2.48. The predicted octanol–water partition coefficient (Wildman–Crippen LogP) is 0.835. The summed E-state index contributed by atoms with van der Waals surface area (Å²) in [5, 5.41) is 0. The summed E-state index contributed by atoms with van der Waals surface area (Å²) in [5.41, 5.74) is 8.91. The molecule has 7 nitrogen and oxygen atoms in total. The fourth-order valence-electron chi connectivity index (χ4n) is 0.915. The van der Waals surface area contributed by atoms with Crippen LogP contribution in [0.1, 0.15) is 0 Å². The summed E-state index contributed by atoms with van der Waals surface area (Å²) in [6.07, 6.45) is 0.854. The maximum Gasteiger partial charge on any atom is 0 e. The molecule has 0 saturated heterocycles. The molecular weight excluding hydrogens is 302 g/mol. The maximum atomic E-state index is 11.2. The molecule has 0 fully saturated rings. The molecule has 0 aliphatic heterocycles. The first kappa shape index (κ1) is 26.4. The Morgan fingerprint density at radius 1 is 1.15 bits per heavy atom. The van der Waals surface area contributed by atoms with E-state index in [0.717, 1.165) is 11.9 Å². The first-order valence-electron chi connectivity index (χ1n) is 4.37. The van der Waals surface area contributed by atoms with Crippen LogP contribution >= 0.6 is 0 Å². The first-order chi connectivity index (χ1) is 9.25. The molecule has 0 radical (unpaired) electrons. The molecule has 0 bridgehead atoms. The minimum absolute atomic E-state index is 0. The number of nitrogens with zero attached hydrogens (tertiary/aromatic N) is 3. The van der Waals surface area contributed by atoms with Crippen LogP contribution in [0.3, 0.4) is 0 Å². The van der Waals surface area contributed by atoms with Crippen LogP contribution < -0.4 is 4.90 Å².